The SMILES string of the molecule is CN(Cc1ccncc1)Cc1ccc(Cl)cc1N. The molecule has 0 fully saturated rings. The van der Waals surface area contributed by atoms with Gasteiger partial charge in [0.05, 0.1) is 0 Å². The molecule has 2 N–H and O–H groups in total. The quantitative estimate of drug-likeness (QED) is 0.861. The average Bonchev–Trinajstić information content (AvgIpc) is 2.34. The standard InChI is InChI=1S/C14H16ClN3/c1-18(9-11-4-6-17-7-5-11)10-12-2-3-13(15)8-14(12)16/h2-8H,9-10,16H2,1H3. The van der Waals surface area contributed by atoms with Gasteiger partial charge in [-0.15, -0.1) is 0 Å². The van der Waals surface area contributed by atoms with Crippen molar-refractivity contribution in [1.82, 2.24) is 9.88 Å². The second kappa shape index (κ2) is 5.85. The van der Waals surface area contributed by atoms with Gasteiger partial charge in [0, 0.05) is 36.2 Å². The lowest BCUT2D eigenvalue weighted by molar-refractivity contribution is 0.319. The van der Waals surface area contributed by atoms with Crippen molar-refractivity contribution in [3.63, 3.8) is 0 Å². The maximum Gasteiger partial charge on any atom is 0.0426 e. The highest BCUT2D eigenvalue weighted by Crippen LogP contribution is 2.19. The smallest absolute Gasteiger partial charge is 0.0426 e. The molecule has 0 amide bonds. The van der Waals surface area contributed by atoms with Gasteiger partial charge in [0.25, 0.3) is 0 Å². The second-order valence-electron chi connectivity index (χ2n) is 4.37. The Hall–Kier alpha value is -1.58. The zero-order chi connectivity index (χ0) is 13.0. The lowest BCUT2D eigenvalue weighted by Gasteiger charge is -2.18. The third-order valence-corrected chi connectivity index (χ3v) is 2.99. The number of anilines is 1. The maximum atomic E-state index is 5.94. The van der Waals surface area contributed by atoms with Crippen molar-refractivity contribution in [2.75, 3.05) is 12.8 Å². The van der Waals surface area contributed by atoms with Crippen molar-refractivity contribution in [2.45, 2.75) is 13.1 Å². The summed E-state index contributed by atoms with van der Waals surface area (Å²) in [5.41, 5.74) is 9.01. The molecule has 18 heavy (non-hydrogen) atoms. The van der Waals surface area contributed by atoms with Gasteiger partial charge >= 0.3 is 0 Å². The molecule has 2 rings (SSSR count). The predicted octanol–water partition coefficient (Wildman–Crippen LogP) is 2.95. The van der Waals surface area contributed by atoms with E-state index in [2.05, 4.69) is 16.9 Å². The first-order chi connectivity index (χ1) is 8.65. The maximum absolute atomic E-state index is 5.94. The minimum atomic E-state index is 0.674. The van der Waals surface area contributed by atoms with Crippen molar-refractivity contribution in [3.8, 4) is 0 Å². The summed E-state index contributed by atoms with van der Waals surface area (Å²) in [7, 11) is 2.06. The van der Waals surface area contributed by atoms with Crippen LogP contribution in [-0.2, 0) is 13.1 Å². The van der Waals surface area contributed by atoms with Crippen LogP contribution in [0.15, 0.2) is 42.7 Å². The number of nitrogens with two attached hydrogens (primary N) is 1. The molecule has 0 saturated carbocycles. The number of aromatic nitrogens is 1. The zero-order valence-electron chi connectivity index (χ0n) is 10.3. The summed E-state index contributed by atoms with van der Waals surface area (Å²) in [6.45, 7) is 1.66. The van der Waals surface area contributed by atoms with Crippen molar-refractivity contribution < 1.29 is 0 Å². The molecular formula is C14H16ClN3. The molecule has 0 bridgehead atoms. The van der Waals surface area contributed by atoms with E-state index < -0.39 is 0 Å². The van der Waals surface area contributed by atoms with Crippen LogP contribution < -0.4 is 5.73 Å². The van der Waals surface area contributed by atoms with Gasteiger partial charge < -0.3 is 5.73 Å². The molecule has 0 aliphatic rings. The van der Waals surface area contributed by atoms with Crippen LogP contribution in [-0.4, -0.2) is 16.9 Å². The van der Waals surface area contributed by atoms with Crippen LogP contribution in [0.3, 0.4) is 0 Å². The van der Waals surface area contributed by atoms with E-state index in [4.69, 9.17) is 17.3 Å². The van der Waals surface area contributed by atoms with E-state index in [-0.39, 0.29) is 0 Å². The largest absolute Gasteiger partial charge is 0.398 e. The normalized spacial score (nSPS) is 10.8. The van der Waals surface area contributed by atoms with Crippen molar-refractivity contribution in [3.05, 3.63) is 58.9 Å². The second-order valence-corrected chi connectivity index (χ2v) is 4.81. The fourth-order valence-corrected chi connectivity index (χ4v) is 2.04. The number of benzene rings is 1. The highest BCUT2D eigenvalue weighted by molar-refractivity contribution is 6.30. The predicted molar refractivity (Wildman–Crippen MR) is 75.3 cm³/mol. The molecule has 0 radical (unpaired) electrons. The third kappa shape index (κ3) is 3.45. The zero-order valence-corrected chi connectivity index (χ0v) is 11.1. The number of hydrogen-bond donors (Lipinski definition) is 1. The molecule has 0 aliphatic heterocycles. The van der Waals surface area contributed by atoms with Gasteiger partial charge in [0.15, 0.2) is 0 Å². The molecule has 3 nitrogen and oxygen atoms in total. The number of nitrogen functional groups attached to an aromatic ring is 1. The fraction of sp³-hybridized carbons (Fsp3) is 0.214. The van der Waals surface area contributed by atoms with Crippen molar-refractivity contribution in [2.24, 2.45) is 0 Å². The number of rotatable bonds is 4. The number of pyridine rings is 1. The first-order valence-corrected chi connectivity index (χ1v) is 6.14. The molecular weight excluding hydrogens is 246 g/mol. The summed E-state index contributed by atoms with van der Waals surface area (Å²) in [5, 5.41) is 0.674. The van der Waals surface area contributed by atoms with E-state index in [9.17, 15) is 0 Å². The van der Waals surface area contributed by atoms with Gasteiger partial charge in [0.2, 0.25) is 0 Å². The van der Waals surface area contributed by atoms with Crippen LogP contribution in [0, 0.1) is 0 Å². The van der Waals surface area contributed by atoms with Crippen LogP contribution in [0.4, 0.5) is 5.69 Å². The Balaban J connectivity index is 2.01. The Kier molecular flexibility index (Phi) is 4.18. The molecule has 2 aromatic rings. The highest BCUT2D eigenvalue weighted by atomic mass is 35.5. The van der Waals surface area contributed by atoms with Gasteiger partial charge in [-0.25, -0.2) is 0 Å². The highest BCUT2D eigenvalue weighted by Gasteiger charge is 2.05. The summed E-state index contributed by atoms with van der Waals surface area (Å²) in [5.74, 6) is 0. The molecule has 1 heterocycles. The Morgan fingerprint density at radius 3 is 2.56 bits per heavy atom. The molecule has 1 aromatic heterocycles. The van der Waals surface area contributed by atoms with Gasteiger partial charge in [0.1, 0.15) is 0 Å². The molecule has 0 aliphatic carbocycles. The first kappa shape index (κ1) is 12.9. The Morgan fingerprint density at radius 2 is 1.89 bits per heavy atom. The van der Waals surface area contributed by atoms with Crippen LogP contribution in [0.2, 0.25) is 5.02 Å². The summed E-state index contributed by atoms with van der Waals surface area (Å²) in [6, 6.07) is 9.66. The minimum Gasteiger partial charge on any atom is -0.398 e. The monoisotopic (exact) mass is 261 g/mol. The molecule has 1 aromatic carbocycles. The van der Waals surface area contributed by atoms with E-state index in [1.54, 1.807) is 18.5 Å². The molecule has 0 unspecified atom stereocenters. The summed E-state index contributed by atoms with van der Waals surface area (Å²) < 4.78 is 0. The average molecular weight is 262 g/mol. The molecule has 0 spiro atoms. The van der Waals surface area contributed by atoms with E-state index in [0.717, 1.165) is 24.3 Å². The molecule has 0 saturated heterocycles. The van der Waals surface area contributed by atoms with Crippen molar-refractivity contribution >= 4 is 17.3 Å². The van der Waals surface area contributed by atoms with Crippen LogP contribution in [0.1, 0.15) is 11.1 Å². The van der Waals surface area contributed by atoms with Crippen molar-refractivity contribution in [1.29, 1.82) is 0 Å². The van der Waals surface area contributed by atoms with E-state index in [1.807, 2.05) is 24.3 Å². The van der Waals surface area contributed by atoms with E-state index >= 15 is 0 Å². The lowest BCUT2D eigenvalue weighted by Crippen LogP contribution is -2.18. The third-order valence-electron chi connectivity index (χ3n) is 2.75. The topological polar surface area (TPSA) is 42.2 Å². The Morgan fingerprint density at radius 1 is 1.17 bits per heavy atom. The molecule has 0 atom stereocenters. The van der Waals surface area contributed by atoms with E-state index in [1.165, 1.54) is 5.56 Å². The minimum absolute atomic E-state index is 0.674. The van der Waals surface area contributed by atoms with E-state index in [0.29, 0.717) is 5.02 Å². The van der Waals surface area contributed by atoms with Gasteiger partial charge in [-0.1, -0.05) is 17.7 Å². The number of nitrogens with zero attached hydrogens (tertiary/aromatic N) is 2. The lowest BCUT2D eigenvalue weighted by atomic mass is 10.1. The molecule has 4 heteroatoms. The Bertz CT molecular complexity index is 514. The van der Waals surface area contributed by atoms with Gasteiger partial charge in [-0.3, -0.25) is 9.88 Å². The summed E-state index contributed by atoms with van der Waals surface area (Å²) in [6.07, 6.45) is 3.61. The van der Waals surface area contributed by atoms with Gasteiger partial charge in [-0.2, -0.15) is 0 Å². The summed E-state index contributed by atoms with van der Waals surface area (Å²) >= 11 is 5.88. The van der Waals surface area contributed by atoms with Crippen LogP contribution in [0.25, 0.3) is 0 Å². The fourth-order valence-electron chi connectivity index (χ4n) is 1.86. The van der Waals surface area contributed by atoms with Gasteiger partial charge in [-0.05, 0) is 42.4 Å². The van der Waals surface area contributed by atoms with Crippen LogP contribution >= 0.6 is 11.6 Å². The molecule has 94 valence electrons. The number of hydrogen-bond acceptors (Lipinski definition) is 3. The summed E-state index contributed by atoms with van der Waals surface area (Å²) in [4.78, 5) is 6.21. The number of halogens is 1. The first-order valence-electron chi connectivity index (χ1n) is 5.76. The van der Waals surface area contributed by atoms with Crippen LogP contribution in [0.5, 0.6) is 0 Å². The Labute approximate surface area is 112 Å².